The highest BCUT2D eigenvalue weighted by Crippen LogP contribution is 2.48. The van der Waals surface area contributed by atoms with Crippen LogP contribution in [0.5, 0.6) is 0 Å². The Morgan fingerprint density at radius 2 is 0.761 bits per heavy atom. The maximum atomic E-state index is 6.83. The summed E-state index contributed by atoms with van der Waals surface area (Å²) >= 11 is 0. The van der Waals surface area contributed by atoms with Crippen molar-refractivity contribution < 1.29 is 4.42 Å². The fourth-order valence-electron chi connectivity index (χ4n) is 12.0. The number of fused-ring (bicyclic) bond motifs is 5. The summed E-state index contributed by atoms with van der Waals surface area (Å²) in [7, 11) is 0. The summed E-state index contributed by atoms with van der Waals surface area (Å²) in [5.74, 6) is 0.761. The molecule has 0 atom stereocenters. The molecule has 12 aromatic rings. The average molecular weight is 914 g/mol. The van der Waals surface area contributed by atoms with E-state index < -0.39 is 0 Å². The predicted octanol–water partition coefficient (Wildman–Crippen LogP) is 15.1. The van der Waals surface area contributed by atoms with Crippen LogP contribution in [0.4, 0.5) is 51.4 Å². The maximum absolute atomic E-state index is 6.83. The molecule has 0 aliphatic carbocycles. The third-order valence-electron chi connectivity index (χ3n) is 15.3. The van der Waals surface area contributed by atoms with Crippen molar-refractivity contribution in [2.45, 2.75) is 27.7 Å². The number of hydrogen-bond donors (Lipinski definition) is 0. The molecule has 14 rings (SSSR count). The summed E-state index contributed by atoms with van der Waals surface area (Å²) in [5.41, 5.74) is 23.4. The number of hydrogen-bond acceptors (Lipinski definition) is 4. The van der Waals surface area contributed by atoms with Crippen molar-refractivity contribution in [3.63, 3.8) is 0 Å². The number of furan rings is 1. The average Bonchev–Trinajstić information content (AvgIpc) is 4.06. The van der Waals surface area contributed by atoms with Gasteiger partial charge in [-0.3, -0.25) is 4.90 Å². The summed E-state index contributed by atoms with van der Waals surface area (Å²) in [6.45, 7) is 9.18. The molecule has 9 aromatic carbocycles. The van der Waals surface area contributed by atoms with Gasteiger partial charge in [0.25, 0.3) is 6.71 Å². The fraction of sp³-hybridized carbons (Fsp3) is 0.0625. The minimum absolute atomic E-state index is 0.0651. The molecule has 0 saturated heterocycles. The number of para-hydroxylation sites is 6. The van der Waals surface area contributed by atoms with Crippen LogP contribution < -0.4 is 31.1 Å². The van der Waals surface area contributed by atoms with Crippen molar-refractivity contribution in [1.29, 1.82) is 0 Å². The van der Waals surface area contributed by atoms with Gasteiger partial charge >= 0.3 is 0 Å². The van der Waals surface area contributed by atoms with Gasteiger partial charge in [-0.1, -0.05) is 121 Å². The molecule has 6 nitrogen and oxygen atoms in total. The molecule has 0 amide bonds. The number of rotatable bonds is 9. The van der Waals surface area contributed by atoms with Gasteiger partial charge < -0.3 is 23.4 Å². The molecule has 3 aromatic heterocycles. The monoisotopic (exact) mass is 913 g/mol. The van der Waals surface area contributed by atoms with Crippen LogP contribution in [0.1, 0.15) is 22.5 Å². The second-order valence-corrected chi connectivity index (χ2v) is 19.0. The normalized spacial score (nSPS) is 12.2. The predicted molar refractivity (Wildman–Crippen MR) is 298 cm³/mol. The van der Waals surface area contributed by atoms with E-state index in [1.807, 2.05) is 6.07 Å². The van der Waals surface area contributed by atoms with Crippen molar-refractivity contribution in [2.24, 2.45) is 0 Å². The Labute approximate surface area is 413 Å². The van der Waals surface area contributed by atoms with E-state index in [2.05, 4.69) is 264 Å². The zero-order valence-corrected chi connectivity index (χ0v) is 40.0. The van der Waals surface area contributed by atoms with Gasteiger partial charge in [0, 0.05) is 73.4 Å². The first kappa shape index (κ1) is 41.1. The maximum Gasteiger partial charge on any atom is 0.252 e. The molecule has 2 aliphatic rings. The molecule has 0 unspecified atom stereocenters. The van der Waals surface area contributed by atoms with Gasteiger partial charge in [-0.15, -0.1) is 0 Å². The highest BCUT2D eigenvalue weighted by molar-refractivity contribution is 7.00. The van der Waals surface area contributed by atoms with E-state index in [9.17, 15) is 0 Å². The number of aromatic nitrogens is 2. The SMILES string of the molecule is Cc1c(C)n2c3c(ccc(N(c4ccccc4)c4ccccc4)c13)B1c3c-2cc(N(c2ccccc2)c2cc4ccccc4o2)cc3-n2c(C)c(C)c3c(N(c4ccccc4)c4ccccc4)ccc1c32. The lowest BCUT2D eigenvalue weighted by Gasteiger charge is -2.37. The summed E-state index contributed by atoms with van der Waals surface area (Å²) < 4.78 is 12.0. The summed E-state index contributed by atoms with van der Waals surface area (Å²) in [4.78, 5) is 7.16. The highest BCUT2D eigenvalue weighted by atomic mass is 16.4. The van der Waals surface area contributed by atoms with Gasteiger partial charge in [-0.2, -0.15) is 0 Å². The van der Waals surface area contributed by atoms with E-state index in [1.54, 1.807) is 0 Å². The van der Waals surface area contributed by atoms with Gasteiger partial charge in [-0.25, -0.2) is 0 Å². The van der Waals surface area contributed by atoms with E-state index in [4.69, 9.17) is 4.42 Å². The Hall–Kier alpha value is -8.94. The van der Waals surface area contributed by atoms with Crippen molar-refractivity contribution in [2.75, 3.05) is 14.7 Å². The zero-order chi connectivity index (χ0) is 47.5. The van der Waals surface area contributed by atoms with E-state index in [-0.39, 0.29) is 6.71 Å². The Morgan fingerprint density at radius 3 is 1.17 bits per heavy atom. The smallest absolute Gasteiger partial charge is 0.252 e. The third kappa shape index (κ3) is 6.02. The fourth-order valence-corrected chi connectivity index (χ4v) is 12.0. The molecule has 0 N–H and O–H groups in total. The molecular weight excluding hydrogens is 866 g/mol. The van der Waals surface area contributed by atoms with Crippen LogP contribution in [0, 0.1) is 27.7 Å². The van der Waals surface area contributed by atoms with Crippen molar-refractivity contribution in [3.05, 3.63) is 241 Å². The van der Waals surface area contributed by atoms with Crippen LogP contribution in [-0.2, 0) is 0 Å². The van der Waals surface area contributed by atoms with Crippen LogP contribution >= 0.6 is 0 Å². The van der Waals surface area contributed by atoms with Crippen molar-refractivity contribution in [3.8, 4) is 11.4 Å². The van der Waals surface area contributed by atoms with Gasteiger partial charge in [-0.05, 0) is 146 Å². The third-order valence-corrected chi connectivity index (χ3v) is 15.3. The van der Waals surface area contributed by atoms with Crippen LogP contribution in [-0.4, -0.2) is 15.8 Å². The second-order valence-electron chi connectivity index (χ2n) is 19.0. The standard InChI is InChI=1S/C64H48BN5O/c1-41-43(3)66-56-39-51(70(50-31-18-9-19-32-50)59-38-45-22-20-21-33-58(45)71-59)40-57-62(56)65(52-34-36-54(60(41)63(52)66)68(46-23-10-5-11-24-46)47-25-12-6-13-26-47)53-35-37-55(61-42(2)44(4)67(57)64(53)61)69(48-27-14-7-15-28-48)49-29-16-8-17-30-49/h5-40H,1-4H3. The highest BCUT2D eigenvalue weighted by Gasteiger charge is 2.43. The Morgan fingerprint density at radius 1 is 0.380 bits per heavy atom. The van der Waals surface area contributed by atoms with Crippen LogP contribution in [0.2, 0.25) is 0 Å². The molecule has 5 heterocycles. The van der Waals surface area contributed by atoms with Gasteiger partial charge in [0.2, 0.25) is 5.88 Å². The molecule has 0 saturated carbocycles. The number of anilines is 9. The topological polar surface area (TPSA) is 32.7 Å². The molecule has 71 heavy (non-hydrogen) atoms. The summed E-state index contributed by atoms with van der Waals surface area (Å²) in [5, 5.41) is 3.57. The van der Waals surface area contributed by atoms with E-state index in [1.165, 1.54) is 72.1 Å². The van der Waals surface area contributed by atoms with Crippen molar-refractivity contribution >= 4 is 107 Å². The largest absolute Gasteiger partial charge is 0.440 e. The van der Waals surface area contributed by atoms with Gasteiger partial charge in [0.15, 0.2) is 0 Å². The van der Waals surface area contributed by atoms with E-state index in [0.717, 1.165) is 62.4 Å². The minimum Gasteiger partial charge on any atom is -0.440 e. The lowest BCUT2D eigenvalue weighted by atomic mass is 9.34. The van der Waals surface area contributed by atoms with Gasteiger partial charge in [0.1, 0.15) is 5.58 Å². The second kappa shape index (κ2) is 15.8. The first-order valence-electron chi connectivity index (χ1n) is 24.6. The molecule has 0 spiro atoms. The lowest BCUT2D eigenvalue weighted by molar-refractivity contribution is 0.621. The van der Waals surface area contributed by atoms with Crippen LogP contribution in [0.15, 0.2) is 223 Å². The van der Waals surface area contributed by atoms with Crippen LogP contribution in [0.3, 0.4) is 0 Å². The molecular formula is C64H48BN5O. The number of benzene rings is 9. The molecule has 2 aliphatic heterocycles. The Kier molecular flexibility index (Phi) is 9.14. The molecule has 7 heteroatoms. The Balaban J connectivity index is 1.11. The molecule has 0 bridgehead atoms. The lowest BCUT2D eigenvalue weighted by Crippen LogP contribution is -2.59. The summed E-state index contributed by atoms with van der Waals surface area (Å²) in [6, 6.07) is 78.8. The molecule has 0 fully saturated rings. The van der Waals surface area contributed by atoms with E-state index >= 15 is 0 Å². The van der Waals surface area contributed by atoms with Crippen molar-refractivity contribution in [1.82, 2.24) is 9.13 Å². The molecule has 338 valence electrons. The minimum atomic E-state index is -0.0651. The van der Waals surface area contributed by atoms with E-state index in [0.29, 0.717) is 0 Å². The van der Waals surface area contributed by atoms with Gasteiger partial charge in [0.05, 0.1) is 28.1 Å². The Bertz CT molecular complexity index is 3730. The summed E-state index contributed by atoms with van der Waals surface area (Å²) in [6.07, 6.45) is 0. The number of nitrogens with zero attached hydrogens (tertiary/aromatic N) is 5. The zero-order valence-electron chi connectivity index (χ0n) is 40.0. The van der Waals surface area contributed by atoms with Crippen LogP contribution in [0.25, 0.3) is 44.1 Å². The first-order chi connectivity index (χ1) is 34.9. The molecule has 0 radical (unpaired) electrons. The quantitative estimate of drug-likeness (QED) is 0.135. The first-order valence-corrected chi connectivity index (χ1v) is 24.6. The number of aryl methyl sites for hydroxylation is 2.